The third-order valence-electron chi connectivity index (χ3n) is 8.77. The molecule has 218 valence electrons. The average molecular weight is 589 g/mol. The van der Waals surface area contributed by atoms with E-state index in [1.165, 1.54) is 0 Å². The van der Waals surface area contributed by atoms with Crippen LogP contribution in [0.15, 0.2) is 49.6 Å². The highest BCUT2D eigenvalue weighted by Gasteiger charge is 2.77. The number of hydrogen-bond donors (Lipinski definition) is 1. The molecule has 0 radical (unpaired) electrons. The highest BCUT2D eigenvalue weighted by molar-refractivity contribution is 8.02. The average Bonchev–Trinajstić information content (AvgIpc) is 3.51. The van der Waals surface area contributed by atoms with Crippen molar-refractivity contribution in [2.75, 3.05) is 24.7 Å². The van der Waals surface area contributed by atoms with Crippen LogP contribution in [0, 0.1) is 23.7 Å². The van der Waals surface area contributed by atoms with Gasteiger partial charge in [0.1, 0.15) is 6.04 Å². The number of thioether (sulfide) groups is 1. The second kappa shape index (κ2) is 12.7. The van der Waals surface area contributed by atoms with E-state index in [1.54, 1.807) is 51.9 Å². The third-order valence-corrected chi connectivity index (χ3v) is 11.1. The lowest BCUT2D eigenvalue weighted by Gasteiger charge is -2.42. The molecule has 7 nitrogen and oxygen atoms in total. The number of hydrogen-bond acceptors (Lipinski definition) is 6. The number of aliphatic hydroxyl groups excluding tert-OH is 1. The van der Waals surface area contributed by atoms with Crippen molar-refractivity contribution in [3.63, 3.8) is 0 Å². The summed E-state index contributed by atoms with van der Waals surface area (Å²) in [6.45, 7) is 13.8. The van der Waals surface area contributed by atoms with Crippen LogP contribution in [0.5, 0.6) is 0 Å². The van der Waals surface area contributed by atoms with E-state index in [9.17, 15) is 19.5 Å². The molecule has 1 aromatic carbocycles. The summed E-state index contributed by atoms with van der Waals surface area (Å²) in [5, 5.41) is 10.9. The summed E-state index contributed by atoms with van der Waals surface area (Å²) in [6.07, 6.45) is 6.68. The van der Waals surface area contributed by atoms with Crippen molar-refractivity contribution < 1.29 is 24.2 Å². The molecule has 3 aliphatic heterocycles. The van der Waals surface area contributed by atoms with Crippen LogP contribution in [0.2, 0.25) is 5.02 Å². The van der Waals surface area contributed by atoms with Crippen molar-refractivity contribution >= 4 is 46.8 Å². The van der Waals surface area contributed by atoms with Gasteiger partial charge in [-0.3, -0.25) is 14.4 Å². The molecule has 9 heteroatoms. The second-order valence-corrected chi connectivity index (χ2v) is 13.4. The molecule has 40 heavy (non-hydrogen) atoms. The summed E-state index contributed by atoms with van der Waals surface area (Å²) < 4.78 is 4.91. The Morgan fingerprint density at radius 3 is 2.55 bits per heavy atom. The molecule has 2 bridgehead atoms. The summed E-state index contributed by atoms with van der Waals surface area (Å²) in [4.78, 5) is 45.8. The highest BCUT2D eigenvalue weighted by atomic mass is 35.5. The topological polar surface area (TPSA) is 87.1 Å². The van der Waals surface area contributed by atoms with E-state index in [-0.39, 0.29) is 48.0 Å². The monoisotopic (exact) mass is 588 g/mol. The number of rotatable bonds is 13. The third kappa shape index (κ3) is 5.23. The number of aliphatic hydroxyl groups is 1. The molecule has 3 fully saturated rings. The number of carbonyl (C=O) groups excluding carboxylic acids is 3. The minimum atomic E-state index is -0.851. The summed E-state index contributed by atoms with van der Waals surface area (Å²) in [5.74, 6) is -2.24. The van der Waals surface area contributed by atoms with Gasteiger partial charge in [0.15, 0.2) is 0 Å². The van der Waals surface area contributed by atoms with E-state index in [0.717, 1.165) is 25.7 Å². The number of allylic oxidation sites excluding steroid dienone is 1. The lowest BCUT2D eigenvalue weighted by atomic mass is 9.66. The maximum Gasteiger partial charge on any atom is 0.310 e. The summed E-state index contributed by atoms with van der Waals surface area (Å²) >= 11 is 7.74. The van der Waals surface area contributed by atoms with Gasteiger partial charge < -0.3 is 19.6 Å². The van der Waals surface area contributed by atoms with Gasteiger partial charge in [-0.25, -0.2) is 0 Å². The van der Waals surface area contributed by atoms with Crippen LogP contribution in [0.4, 0.5) is 5.69 Å². The Morgan fingerprint density at radius 1 is 1.25 bits per heavy atom. The number of likely N-dealkylation sites (tertiary alicyclic amines) is 1. The fourth-order valence-corrected chi connectivity index (χ4v) is 9.38. The second-order valence-electron chi connectivity index (χ2n) is 11.5. The Morgan fingerprint density at radius 2 is 1.95 bits per heavy atom. The SMILES string of the molecule is C=CCCCCOC(=O)[C@@H]1[C@H]2C(=O)N([C@@H](CO)C(C)C)C(C(=O)N(CC=C)c3ccc(Cl)cc3)C23S[C@@H]1CC3C. The maximum absolute atomic E-state index is 14.7. The lowest BCUT2D eigenvalue weighted by Crippen LogP contribution is -2.60. The van der Waals surface area contributed by atoms with E-state index in [1.807, 2.05) is 19.9 Å². The van der Waals surface area contributed by atoms with Crippen molar-refractivity contribution in [1.29, 1.82) is 0 Å². The number of anilines is 1. The molecule has 1 aromatic rings. The molecule has 1 spiro atoms. The fraction of sp³-hybridized carbons (Fsp3) is 0.581. The molecule has 3 saturated heterocycles. The summed E-state index contributed by atoms with van der Waals surface area (Å²) in [6, 6.07) is 5.59. The Hall–Kier alpha value is -2.29. The van der Waals surface area contributed by atoms with Crippen molar-refractivity contribution in [3.8, 4) is 0 Å². The number of benzene rings is 1. The molecule has 0 saturated carbocycles. The largest absolute Gasteiger partial charge is 0.465 e. The number of nitrogens with zero attached hydrogens (tertiary/aromatic N) is 2. The molecular weight excluding hydrogens is 548 g/mol. The molecule has 1 N–H and O–H groups in total. The van der Waals surface area contributed by atoms with Gasteiger partial charge in [-0.2, -0.15) is 0 Å². The van der Waals surface area contributed by atoms with Gasteiger partial charge >= 0.3 is 5.97 Å². The zero-order valence-electron chi connectivity index (χ0n) is 23.6. The van der Waals surface area contributed by atoms with Crippen molar-refractivity contribution in [2.24, 2.45) is 23.7 Å². The van der Waals surface area contributed by atoms with Gasteiger partial charge in [0.2, 0.25) is 5.91 Å². The van der Waals surface area contributed by atoms with Crippen LogP contribution >= 0.6 is 23.4 Å². The molecule has 0 aromatic heterocycles. The van der Waals surface area contributed by atoms with Crippen molar-refractivity contribution in [1.82, 2.24) is 4.90 Å². The number of carbonyl (C=O) groups is 3. The van der Waals surface area contributed by atoms with Gasteiger partial charge in [0, 0.05) is 22.5 Å². The first kappa shape index (κ1) is 30.7. The van der Waals surface area contributed by atoms with Crippen LogP contribution in [0.3, 0.4) is 0 Å². The molecule has 3 heterocycles. The molecule has 4 rings (SSSR count). The zero-order valence-corrected chi connectivity index (χ0v) is 25.2. The standard InChI is InChI=1S/C31H41ClN2O5S/c1-6-8-9-10-16-39-30(38)25-24-17-20(5)31(40-24)26(25)28(36)34(23(18-35)19(3)4)27(31)29(37)33(15-7-2)22-13-11-21(32)12-14-22/h6-7,11-14,19-20,23-27,35H,1-2,8-10,15-18H2,3-5H3/t20?,23-,24+,25-,26-,27?,31?/m0/s1. The molecule has 7 atom stereocenters. The number of unbranched alkanes of at least 4 members (excludes halogenated alkanes) is 2. The normalized spacial score (nSPS) is 29.4. The van der Waals surface area contributed by atoms with Crippen LogP contribution in [-0.2, 0) is 19.1 Å². The van der Waals surface area contributed by atoms with E-state index >= 15 is 0 Å². The first-order valence-electron chi connectivity index (χ1n) is 14.2. The Labute approximate surface area is 246 Å². The Balaban J connectivity index is 1.75. The molecular formula is C31H41ClN2O5S. The zero-order chi connectivity index (χ0) is 29.2. The fourth-order valence-electron chi connectivity index (χ4n) is 6.86. The predicted molar refractivity (Wildman–Crippen MR) is 160 cm³/mol. The first-order chi connectivity index (χ1) is 19.1. The minimum Gasteiger partial charge on any atom is -0.465 e. The van der Waals surface area contributed by atoms with E-state index < -0.39 is 28.7 Å². The van der Waals surface area contributed by atoms with Crippen LogP contribution in [-0.4, -0.2) is 69.6 Å². The molecule has 0 aliphatic carbocycles. The number of fused-ring (bicyclic) bond motifs is 1. The van der Waals surface area contributed by atoms with Crippen LogP contribution in [0.1, 0.15) is 46.5 Å². The Bertz CT molecular complexity index is 1130. The quantitative estimate of drug-likeness (QED) is 0.196. The van der Waals surface area contributed by atoms with E-state index in [4.69, 9.17) is 16.3 Å². The van der Waals surface area contributed by atoms with E-state index in [0.29, 0.717) is 17.3 Å². The number of ether oxygens (including phenoxy) is 1. The minimum absolute atomic E-state index is 0.00865. The lowest BCUT2D eigenvalue weighted by molar-refractivity contribution is -0.155. The predicted octanol–water partition coefficient (Wildman–Crippen LogP) is 5.11. The molecule has 3 aliphatic rings. The number of amides is 2. The maximum atomic E-state index is 14.7. The van der Waals surface area contributed by atoms with Gasteiger partial charge in [-0.05, 0) is 61.8 Å². The smallest absolute Gasteiger partial charge is 0.310 e. The first-order valence-corrected chi connectivity index (χ1v) is 15.5. The van der Waals surface area contributed by atoms with Gasteiger partial charge in [0.25, 0.3) is 5.91 Å². The highest BCUT2D eigenvalue weighted by Crippen LogP contribution is 2.69. The summed E-state index contributed by atoms with van der Waals surface area (Å²) in [7, 11) is 0. The Kier molecular flexibility index (Phi) is 9.74. The van der Waals surface area contributed by atoms with Crippen molar-refractivity contribution in [2.45, 2.75) is 68.5 Å². The summed E-state index contributed by atoms with van der Waals surface area (Å²) in [5.41, 5.74) is 0.646. The van der Waals surface area contributed by atoms with Gasteiger partial charge in [-0.15, -0.1) is 24.9 Å². The van der Waals surface area contributed by atoms with Crippen LogP contribution in [0.25, 0.3) is 0 Å². The number of esters is 1. The van der Waals surface area contributed by atoms with Gasteiger partial charge in [0.05, 0.1) is 35.8 Å². The van der Waals surface area contributed by atoms with E-state index in [2.05, 4.69) is 20.1 Å². The molecule has 3 unspecified atom stereocenters. The van der Waals surface area contributed by atoms with Gasteiger partial charge in [-0.1, -0.05) is 44.5 Å². The van der Waals surface area contributed by atoms with Crippen LogP contribution < -0.4 is 4.90 Å². The molecule has 2 amide bonds. The number of halogens is 1. The van der Waals surface area contributed by atoms with Crippen molar-refractivity contribution in [3.05, 3.63) is 54.6 Å².